The molecule has 1 aromatic carbocycles. The molecule has 1 aliphatic heterocycles. The van der Waals surface area contributed by atoms with E-state index in [0.717, 1.165) is 25.6 Å². The minimum Gasteiger partial charge on any atom is -0.326 e. The van der Waals surface area contributed by atoms with Crippen molar-refractivity contribution < 1.29 is 9.18 Å². The van der Waals surface area contributed by atoms with Crippen molar-refractivity contribution in [3.05, 3.63) is 29.0 Å². The van der Waals surface area contributed by atoms with Crippen molar-refractivity contribution in [2.75, 3.05) is 25.0 Å². The molecule has 0 aliphatic carbocycles. The Morgan fingerprint density at radius 1 is 1.45 bits per heavy atom. The maximum absolute atomic E-state index is 13.0. The fourth-order valence-corrected chi connectivity index (χ4v) is 2.52. The van der Waals surface area contributed by atoms with Gasteiger partial charge in [0.15, 0.2) is 0 Å². The lowest BCUT2D eigenvalue weighted by atomic mass is 9.99. The standard InChI is InChI=1S/C15H20ClFN2O/c1-11-4-7-19(8-5-11)9-6-15(20)18-12-2-3-14(17)13(16)10-12/h2-3,10-11H,4-9H2,1H3,(H,18,20). The van der Waals surface area contributed by atoms with Gasteiger partial charge in [-0.1, -0.05) is 18.5 Å². The van der Waals surface area contributed by atoms with Crippen LogP contribution in [-0.4, -0.2) is 30.4 Å². The molecule has 0 atom stereocenters. The quantitative estimate of drug-likeness (QED) is 0.922. The van der Waals surface area contributed by atoms with E-state index in [2.05, 4.69) is 17.1 Å². The number of hydrogen-bond donors (Lipinski definition) is 1. The van der Waals surface area contributed by atoms with E-state index in [1.807, 2.05) is 0 Å². The Morgan fingerprint density at radius 3 is 2.80 bits per heavy atom. The molecule has 0 saturated carbocycles. The minimum absolute atomic E-state index is 0.0211. The van der Waals surface area contributed by atoms with Gasteiger partial charge < -0.3 is 10.2 Å². The van der Waals surface area contributed by atoms with Crippen LogP contribution >= 0.6 is 11.6 Å². The third kappa shape index (κ3) is 4.46. The first-order valence-corrected chi connectivity index (χ1v) is 7.39. The number of anilines is 1. The minimum atomic E-state index is -0.480. The molecule has 0 bridgehead atoms. The summed E-state index contributed by atoms with van der Waals surface area (Å²) in [4.78, 5) is 14.2. The van der Waals surface area contributed by atoms with Crippen molar-refractivity contribution in [1.29, 1.82) is 0 Å². The molecule has 0 unspecified atom stereocenters. The summed E-state index contributed by atoms with van der Waals surface area (Å²) in [5.41, 5.74) is 0.536. The average Bonchev–Trinajstić information content (AvgIpc) is 2.42. The summed E-state index contributed by atoms with van der Waals surface area (Å²) in [5, 5.41) is 2.76. The van der Waals surface area contributed by atoms with E-state index in [0.29, 0.717) is 12.1 Å². The maximum Gasteiger partial charge on any atom is 0.225 e. The Morgan fingerprint density at radius 2 is 2.15 bits per heavy atom. The van der Waals surface area contributed by atoms with E-state index in [9.17, 15) is 9.18 Å². The SMILES string of the molecule is CC1CCN(CCC(=O)Nc2ccc(F)c(Cl)c2)CC1. The van der Waals surface area contributed by atoms with Gasteiger partial charge in [0, 0.05) is 18.7 Å². The molecule has 110 valence electrons. The molecular weight excluding hydrogens is 279 g/mol. The van der Waals surface area contributed by atoms with Gasteiger partial charge in [-0.25, -0.2) is 4.39 Å². The van der Waals surface area contributed by atoms with E-state index in [1.165, 1.54) is 31.0 Å². The molecule has 1 fully saturated rings. The van der Waals surface area contributed by atoms with E-state index < -0.39 is 5.82 Å². The number of piperidine rings is 1. The van der Waals surface area contributed by atoms with Crippen LogP contribution < -0.4 is 5.32 Å². The van der Waals surface area contributed by atoms with Gasteiger partial charge in [-0.15, -0.1) is 0 Å². The lowest BCUT2D eigenvalue weighted by molar-refractivity contribution is -0.116. The zero-order chi connectivity index (χ0) is 14.5. The van der Waals surface area contributed by atoms with Crippen LogP contribution in [0.4, 0.5) is 10.1 Å². The molecule has 1 amide bonds. The van der Waals surface area contributed by atoms with Crippen LogP contribution in [0, 0.1) is 11.7 Å². The molecule has 2 rings (SSSR count). The molecule has 5 heteroatoms. The lowest BCUT2D eigenvalue weighted by Crippen LogP contribution is -2.35. The molecule has 0 radical (unpaired) electrons. The lowest BCUT2D eigenvalue weighted by Gasteiger charge is -2.29. The second-order valence-corrected chi connectivity index (χ2v) is 5.86. The van der Waals surface area contributed by atoms with E-state index in [1.54, 1.807) is 0 Å². The smallest absolute Gasteiger partial charge is 0.225 e. The fourth-order valence-electron chi connectivity index (χ4n) is 2.34. The van der Waals surface area contributed by atoms with E-state index in [-0.39, 0.29) is 10.9 Å². The normalized spacial score (nSPS) is 17.1. The van der Waals surface area contributed by atoms with E-state index in [4.69, 9.17) is 11.6 Å². The van der Waals surface area contributed by atoms with Crippen LogP contribution in [0.2, 0.25) is 5.02 Å². The third-order valence-corrected chi connectivity index (χ3v) is 4.02. The number of likely N-dealkylation sites (tertiary alicyclic amines) is 1. The predicted molar refractivity (Wildman–Crippen MR) is 79.5 cm³/mol. The first-order valence-electron chi connectivity index (χ1n) is 7.02. The van der Waals surface area contributed by atoms with E-state index >= 15 is 0 Å². The summed E-state index contributed by atoms with van der Waals surface area (Å²) in [6, 6.07) is 4.20. The monoisotopic (exact) mass is 298 g/mol. The Balaban J connectivity index is 1.76. The first-order chi connectivity index (χ1) is 9.54. The highest BCUT2D eigenvalue weighted by Crippen LogP contribution is 2.20. The summed E-state index contributed by atoms with van der Waals surface area (Å²) >= 11 is 5.68. The molecule has 1 saturated heterocycles. The highest BCUT2D eigenvalue weighted by atomic mass is 35.5. The fraction of sp³-hybridized carbons (Fsp3) is 0.533. The molecular formula is C15H20ClFN2O. The summed E-state index contributed by atoms with van der Waals surface area (Å²) in [6.45, 7) is 5.17. The summed E-state index contributed by atoms with van der Waals surface area (Å²) in [6.07, 6.45) is 2.85. The Hall–Kier alpha value is -1.13. The number of nitrogens with zero attached hydrogens (tertiary/aromatic N) is 1. The number of hydrogen-bond acceptors (Lipinski definition) is 2. The Bertz CT molecular complexity index is 473. The van der Waals surface area contributed by atoms with Crippen LogP contribution in [0.1, 0.15) is 26.2 Å². The molecule has 3 nitrogen and oxygen atoms in total. The predicted octanol–water partition coefficient (Wildman–Crippen LogP) is 3.54. The maximum atomic E-state index is 13.0. The molecule has 1 N–H and O–H groups in total. The van der Waals surface area contributed by atoms with Gasteiger partial charge in [0.2, 0.25) is 5.91 Å². The topological polar surface area (TPSA) is 32.3 Å². The zero-order valence-electron chi connectivity index (χ0n) is 11.7. The van der Waals surface area contributed by atoms with Gasteiger partial charge in [-0.2, -0.15) is 0 Å². The highest BCUT2D eigenvalue weighted by molar-refractivity contribution is 6.31. The van der Waals surface area contributed by atoms with Crippen molar-refractivity contribution in [3.63, 3.8) is 0 Å². The number of carbonyl (C=O) groups excluding carboxylic acids is 1. The summed E-state index contributed by atoms with van der Waals surface area (Å²) < 4.78 is 13.0. The number of nitrogens with one attached hydrogen (secondary N) is 1. The van der Waals surface area contributed by atoms with Gasteiger partial charge in [-0.05, 0) is 50.0 Å². The average molecular weight is 299 g/mol. The summed E-state index contributed by atoms with van der Waals surface area (Å²) in [7, 11) is 0. The van der Waals surface area contributed by atoms with Crippen LogP contribution in [0.15, 0.2) is 18.2 Å². The van der Waals surface area contributed by atoms with Crippen molar-refractivity contribution in [1.82, 2.24) is 4.90 Å². The van der Waals surface area contributed by atoms with Gasteiger partial charge >= 0.3 is 0 Å². The second kappa shape index (κ2) is 7.04. The van der Waals surface area contributed by atoms with Crippen LogP contribution in [0.5, 0.6) is 0 Å². The largest absolute Gasteiger partial charge is 0.326 e. The van der Waals surface area contributed by atoms with Crippen molar-refractivity contribution >= 4 is 23.2 Å². The van der Waals surface area contributed by atoms with Gasteiger partial charge in [-0.3, -0.25) is 4.79 Å². The molecule has 1 aliphatic rings. The number of rotatable bonds is 4. The van der Waals surface area contributed by atoms with Crippen molar-refractivity contribution in [2.45, 2.75) is 26.2 Å². The van der Waals surface area contributed by atoms with Crippen LogP contribution in [0.25, 0.3) is 0 Å². The van der Waals surface area contributed by atoms with Crippen LogP contribution in [0.3, 0.4) is 0 Å². The van der Waals surface area contributed by atoms with Gasteiger partial charge in [0.25, 0.3) is 0 Å². The Kier molecular flexibility index (Phi) is 5.38. The Labute approximate surface area is 124 Å². The third-order valence-electron chi connectivity index (χ3n) is 3.73. The molecule has 20 heavy (non-hydrogen) atoms. The number of halogens is 2. The van der Waals surface area contributed by atoms with Crippen LogP contribution in [-0.2, 0) is 4.79 Å². The molecule has 0 aromatic heterocycles. The molecule has 0 spiro atoms. The molecule has 1 aromatic rings. The van der Waals surface area contributed by atoms with Gasteiger partial charge in [0.05, 0.1) is 5.02 Å². The molecule has 1 heterocycles. The number of carbonyl (C=O) groups is 1. The van der Waals surface area contributed by atoms with Crippen molar-refractivity contribution in [3.8, 4) is 0 Å². The second-order valence-electron chi connectivity index (χ2n) is 5.45. The number of amides is 1. The van der Waals surface area contributed by atoms with Gasteiger partial charge in [0.1, 0.15) is 5.82 Å². The summed E-state index contributed by atoms with van der Waals surface area (Å²) in [5.74, 6) is 0.250. The number of benzene rings is 1. The highest BCUT2D eigenvalue weighted by Gasteiger charge is 2.16. The zero-order valence-corrected chi connectivity index (χ0v) is 12.4. The van der Waals surface area contributed by atoms with Crippen molar-refractivity contribution in [2.24, 2.45) is 5.92 Å². The first kappa shape index (κ1) is 15.3.